The molecule has 1 aromatic carbocycles. The van der Waals surface area contributed by atoms with Crippen molar-refractivity contribution in [3.05, 3.63) is 29.8 Å². The Balaban J connectivity index is 0.000001000. The lowest BCUT2D eigenvalue weighted by molar-refractivity contribution is 0.474. The second kappa shape index (κ2) is 4.27. The molecule has 0 aliphatic rings. The molecule has 0 fully saturated rings. The molecule has 60 valence electrons. The van der Waals surface area contributed by atoms with E-state index in [9.17, 15) is 0 Å². The van der Waals surface area contributed by atoms with E-state index >= 15 is 0 Å². The summed E-state index contributed by atoms with van der Waals surface area (Å²) in [5.41, 5.74) is 0.630. The fourth-order valence-electron chi connectivity index (χ4n) is 0.677. The lowest BCUT2D eigenvalue weighted by atomic mass is 10.2. The standard InChI is InChI=1S/C7H8N2O.FH/c8-9-5-6-3-1-2-4-7(6)10;/h1-5,10H,8H2;1H. The molecule has 0 bridgehead atoms. The SMILES string of the molecule is F.NN=Cc1ccccc1O. The normalized spacial score (nSPS) is 9.45. The van der Waals surface area contributed by atoms with Crippen LogP contribution in [0.15, 0.2) is 29.4 Å². The molecule has 0 aliphatic heterocycles. The molecule has 0 unspecified atom stereocenters. The summed E-state index contributed by atoms with van der Waals surface area (Å²) in [6.45, 7) is 0. The van der Waals surface area contributed by atoms with E-state index in [0.29, 0.717) is 5.56 Å². The summed E-state index contributed by atoms with van der Waals surface area (Å²) in [5.74, 6) is 5.08. The number of hydrazone groups is 1. The highest BCUT2D eigenvalue weighted by atomic mass is 19.0. The zero-order chi connectivity index (χ0) is 7.40. The van der Waals surface area contributed by atoms with Crippen molar-refractivity contribution in [3.63, 3.8) is 0 Å². The van der Waals surface area contributed by atoms with Crippen molar-refractivity contribution in [2.24, 2.45) is 10.9 Å². The number of nitrogens with zero attached hydrogens (tertiary/aromatic N) is 1. The Bertz CT molecular complexity index is 250. The monoisotopic (exact) mass is 156 g/mol. The summed E-state index contributed by atoms with van der Waals surface area (Å²) in [5, 5.41) is 12.4. The van der Waals surface area contributed by atoms with Gasteiger partial charge >= 0.3 is 0 Å². The first-order valence-corrected chi connectivity index (χ1v) is 2.86. The van der Waals surface area contributed by atoms with E-state index < -0.39 is 0 Å². The van der Waals surface area contributed by atoms with Gasteiger partial charge in [-0.2, -0.15) is 5.10 Å². The van der Waals surface area contributed by atoms with Crippen molar-refractivity contribution in [2.45, 2.75) is 0 Å². The van der Waals surface area contributed by atoms with Gasteiger partial charge in [0.15, 0.2) is 0 Å². The Morgan fingerprint density at radius 2 is 2.00 bits per heavy atom. The fraction of sp³-hybridized carbons (Fsp3) is 0. The summed E-state index contributed by atoms with van der Waals surface area (Å²) in [6.07, 6.45) is 1.40. The molecule has 0 amide bonds. The molecule has 11 heavy (non-hydrogen) atoms. The third-order valence-electron chi connectivity index (χ3n) is 1.15. The molecule has 0 aliphatic carbocycles. The molecular weight excluding hydrogens is 147 g/mol. The smallest absolute Gasteiger partial charge is 0.124 e. The zero-order valence-electron chi connectivity index (χ0n) is 5.77. The van der Waals surface area contributed by atoms with E-state index in [2.05, 4.69) is 5.10 Å². The highest BCUT2D eigenvalue weighted by Gasteiger charge is 1.92. The van der Waals surface area contributed by atoms with Crippen molar-refractivity contribution in [2.75, 3.05) is 0 Å². The van der Waals surface area contributed by atoms with Crippen LogP contribution in [-0.2, 0) is 0 Å². The molecule has 0 spiro atoms. The van der Waals surface area contributed by atoms with Gasteiger partial charge in [-0.25, -0.2) is 0 Å². The number of nitrogens with two attached hydrogens (primary N) is 1. The van der Waals surface area contributed by atoms with Crippen LogP contribution in [0.3, 0.4) is 0 Å². The van der Waals surface area contributed by atoms with Crippen molar-refractivity contribution >= 4 is 6.21 Å². The molecule has 0 radical (unpaired) electrons. The van der Waals surface area contributed by atoms with Gasteiger partial charge < -0.3 is 10.9 Å². The molecule has 0 saturated carbocycles. The first-order valence-electron chi connectivity index (χ1n) is 2.86. The number of hydrogen-bond acceptors (Lipinski definition) is 3. The van der Waals surface area contributed by atoms with Gasteiger partial charge in [-0.15, -0.1) is 0 Å². The molecule has 0 atom stereocenters. The number of phenols is 1. The highest BCUT2D eigenvalue weighted by molar-refractivity contribution is 5.82. The van der Waals surface area contributed by atoms with Crippen molar-refractivity contribution in [1.29, 1.82) is 0 Å². The molecule has 1 aromatic rings. The molecule has 3 nitrogen and oxygen atoms in total. The average Bonchev–Trinajstić information content (AvgIpc) is 1.94. The van der Waals surface area contributed by atoms with Gasteiger partial charge in [0.25, 0.3) is 0 Å². The topological polar surface area (TPSA) is 58.6 Å². The fourth-order valence-corrected chi connectivity index (χ4v) is 0.677. The Labute approximate surface area is 63.5 Å². The predicted octanol–water partition coefficient (Wildman–Crippen LogP) is 0.837. The second-order valence-corrected chi connectivity index (χ2v) is 1.84. The Hall–Kier alpha value is -1.58. The highest BCUT2D eigenvalue weighted by Crippen LogP contribution is 2.11. The van der Waals surface area contributed by atoms with Gasteiger partial charge in [-0.1, -0.05) is 12.1 Å². The zero-order valence-corrected chi connectivity index (χ0v) is 5.77. The third kappa shape index (κ3) is 2.25. The van der Waals surface area contributed by atoms with Crippen LogP contribution in [-0.4, -0.2) is 11.3 Å². The number of hydrogen-bond donors (Lipinski definition) is 2. The minimum Gasteiger partial charge on any atom is -0.507 e. The molecule has 0 aromatic heterocycles. The average molecular weight is 156 g/mol. The molecule has 0 heterocycles. The Kier molecular flexibility index (Phi) is 3.66. The van der Waals surface area contributed by atoms with Crippen LogP contribution in [0, 0.1) is 0 Å². The maximum atomic E-state index is 9.09. The van der Waals surface area contributed by atoms with Crippen LogP contribution < -0.4 is 5.84 Å². The third-order valence-corrected chi connectivity index (χ3v) is 1.15. The lowest BCUT2D eigenvalue weighted by Crippen LogP contribution is -1.85. The minimum absolute atomic E-state index is 0. The number of halogens is 1. The lowest BCUT2D eigenvalue weighted by Gasteiger charge is -1.93. The van der Waals surface area contributed by atoms with E-state index in [1.165, 1.54) is 6.21 Å². The van der Waals surface area contributed by atoms with Crippen molar-refractivity contribution in [1.82, 2.24) is 0 Å². The number of para-hydroxylation sites is 1. The van der Waals surface area contributed by atoms with Crippen molar-refractivity contribution < 1.29 is 9.81 Å². The molecular formula is C7H9FN2O. The Morgan fingerprint density at radius 3 is 2.55 bits per heavy atom. The summed E-state index contributed by atoms with van der Waals surface area (Å²) >= 11 is 0. The maximum Gasteiger partial charge on any atom is 0.124 e. The summed E-state index contributed by atoms with van der Waals surface area (Å²) in [6, 6.07) is 6.85. The molecule has 1 rings (SSSR count). The van der Waals surface area contributed by atoms with Gasteiger partial charge in [0.05, 0.1) is 6.21 Å². The van der Waals surface area contributed by atoms with Crippen LogP contribution in [0.1, 0.15) is 5.56 Å². The summed E-state index contributed by atoms with van der Waals surface area (Å²) in [7, 11) is 0. The van der Waals surface area contributed by atoms with Gasteiger partial charge in [0.1, 0.15) is 5.75 Å². The second-order valence-electron chi connectivity index (χ2n) is 1.84. The van der Waals surface area contributed by atoms with Crippen LogP contribution in [0.25, 0.3) is 0 Å². The van der Waals surface area contributed by atoms with E-state index in [4.69, 9.17) is 10.9 Å². The van der Waals surface area contributed by atoms with Gasteiger partial charge in [-0.05, 0) is 12.1 Å². The summed E-state index contributed by atoms with van der Waals surface area (Å²) < 4.78 is 0. The van der Waals surface area contributed by atoms with Crippen LogP contribution in [0.4, 0.5) is 4.70 Å². The van der Waals surface area contributed by atoms with Crippen LogP contribution in [0.2, 0.25) is 0 Å². The molecule has 4 heteroatoms. The van der Waals surface area contributed by atoms with E-state index in [0.717, 1.165) is 0 Å². The predicted molar refractivity (Wildman–Crippen MR) is 42.4 cm³/mol. The van der Waals surface area contributed by atoms with E-state index in [1.807, 2.05) is 0 Å². The van der Waals surface area contributed by atoms with Crippen LogP contribution >= 0.6 is 0 Å². The molecule has 0 saturated heterocycles. The summed E-state index contributed by atoms with van der Waals surface area (Å²) in [4.78, 5) is 0. The largest absolute Gasteiger partial charge is 0.507 e. The minimum atomic E-state index is 0. The van der Waals surface area contributed by atoms with Crippen LogP contribution in [0.5, 0.6) is 5.75 Å². The van der Waals surface area contributed by atoms with E-state index in [1.54, 1.807) is 24.3 Å². The quantitative estimate of drug-likeness (QED) is 0.359. The first kappa shape index (κ1) is 9.42. The number of aromatic hydroxyl groups is 1. The number of rotatable bonds is 1. The van der Waals surface area contributed by atoms with Gasteiger partial charge in [0, 0.05) is 5.56 Å². The Morgan fingerprint density at radius 1 is 1.36 bits per heavy atom. The van der Waals surface area contributed by atoms with Crippen molar-refractivity contribution in [3.8, 4) is 5.75 Å². The maximum absolute atomic E-state index is 9.09. The van der Waals surface area contributed by atoms with Gasteiger partial charge in [-0.3, -0.25) is 4.70 Å². The van der Waals surface area contributed by atoms with Gasteiger partial charge in [0.2, 0.25) is 0 Å². The van der Waals surface area contributed by atoms with E-state index in [-0.39, 0.29) is 10.5 Å². The number of phenolic OH excluding ortho intramolecular Hbond substituents is 1. The first-order chi connectivity index (χ1) is 4.84. The number of benzene rings is 1. The molecule has 3 N–H and O–H groups in total.